The van der Waals surface area contributed by atoms with E-state index >= 15 is 0 Å². The molecule has 88 valence electrons. The number of halogens is 2. The van der Waals surface area contributed by atoms with Crippen molar-refractivity contribution < 1.29 is 4.74 Å². The summed E-state index contributed by atoms with van der Waals surface area (Å²) in [6.07, 6.45) is 0. The predicted octanol–water partition coefficient (Wildman–Crippen LogP) is 4.02. The lowest BCUT2D eigenvalue weighted by Gasteiger charge is -2.15. The zero-order chi connectivity index (χ0) is 12.1. The molecule has 1 aromatic rings. The van der Waals surface area contributed by atoms with Crippen LogP contribution in [0.3, 0.4) is 0 Å². The Morgan fingerprint density at radius 2 is 2.25 bits per heavy atom. The van der Waals surface area contributed by atoms with Crippen molar-refractivity contribution in [2.75, 3.05) is 13.7 Å². The van der Waals surface area contributed by atoms with Crippen molar-refractivity contribution in [3.05, 3.63) is 39.3 Å². The molecule has 1 aromatic carbocycles. The topological polar surface area (TPSA) is 21.3 Å². The van der Waals surface area contributed by atoms with Gasteiger partial charge in [0.2, 0.25) is 0 Å². The van der Waals surface area contributed by atoms with Gasteiger partial charge in [0.25, 0.3) is 0 Å². The first-order valence-corrected chi connectivity index (χ1v) is 6.53. The third-order valence-corrected chi connectivity index (χ3v) is 3.18. The second kappa shape index (κ2) is 6.42. The Morgan fingerprint density at radius 1 is 1.56 bits per heavy atom. The molecule has 0 aliphatic heterocycles. The number of hydrogen-bond donors (Lipinski definition) is 1. The number of benzene rings is 1. The van der Waals surface area contributed by atoms with Crippen molar-refractivity contribution in [3.63, 3.8) is 0 Å². The second-order valence-corrected chi connectivity index (χ2v) is 5.49. The third-order valence-electron chi connectivity index (χ3n) is 2.28. The van der Waals surface area contributed by atoms with E-state index in [0.29, 0.717) is 0 Å². The number of rotatable bonds is 5. The van der Waals surface area contributed by atoms with Crippen LogP contribution in [-0.2, 0) is 0 Å². The van der Waals surface area contributed by atoms with Gasteiger partial charge in [-0.2, -0.15) is 0 Å². The smallest absolute Gasteiger partial charge is 0.133 e. The van der Waals surface area contributed by atoms with Crippen LogP contribution < -0.4 is 10.1 Å². The van der Waals surface area contributed by atoms with Crippen LogP contribution in [0.25, 0.3) is 0 Å². The Balaban J connectivity index is 2.72. The highest BCUT2D eigenvalue weighted by Crippen LogP contribution is 2.27. The Labute approximate surface area is 113 Å². The van der Waals surface area contributed by atoms with Crippen molar-refractivity contribution in [1.82, 2.24) is 5.32 Å². The van der Waals surface area contributed by atoms with Gasteiger partial charge in [0.15, 0.2) is 0 Å². The van der Waals surface area contributed by atoms with Gasteiger partial charge in [0.05, 0.1) is 11.6 Å². The summed E-state index contributed by atoms with van der Waals surface area (Å²) in [7, 11) is 1.66. The van der Waals surface area contributed by atoms with Crippen molar-refractivity contribution in [1.29, 1.82) is 0 Å². The summed E-state index contributed by atoms with van der Waals surface area (Å²) < 4.78 is 7.11. The number of methoxy groups -OCH3 is 1. The van der Waals surface area contributed by atoms with Crippen LogP contribution in [-0.4, -0.2) is 13.7 Å². The molecule has 0 aromatic heterocycles. The van der Waals surface area contributed by atoms with Gasteiger partial charge < -0.3 is 10.1 Å². The second-order valence-electron chi connectivity index (χ2n) is 3.51. The quantitative estimate of drug-likeness (QED) is 0.867. The summed E-state index contributed by atoms with van der Waals surface area (Å²) in [6, 6.07) is 6.35. The molecule has 1 N–H and O–H groups in total. The molecule has 1 rings (SSSR count). The van der Waals surface area contributed by atoms with Gasteiger partial charge in [-0.1, -0.05) is 28.6 Å². The lowest BCUT2D eigenvalue weighted by Crippen LogP contribution is -2.19. The first-order chi connectivity index (χ1) is 7.54. The van der Waals surface area contributed by atoms with Crippen molar-refractivity contribution in [2.45, 2.75) is 13.0 Å². The van der Waals surface area contributed by atoms with E-state index in [2.05, 4.69) is 62.8 Å². The lowest BCUT2D eigenvalue weighted by atomic mass is 10.1. The Bertz CT molecular complexity index is 379. The molecule has 1 atom stereocenters. The molecule has 4 heteroatoms. The van der Waals surface area contributed by atoms with Gasteiger partial charge in [-0.25, -0.2) is 0 Å². The van der Waals surface area contributed by atoms with E-state index in [1.807, 2.05) is 6.07 Å². The monoisotopic (exact) mass is 347 g/mol. The fourth-order valence-corrected chi connectivity index (χ4v) is 2.05. The molecule has 0 saturated heterocycles. The molecule has 0 saturated carbocycles. The minimum Gasteiger partial charge on any atom is -0.496 e. The summed E-state index contributed by atoms with van der Waals surface area (Å²) in [5, 5.41) is 3.35. The number of nitrogens with one attached hydrogen (secondary N) is 1. The highest BCUT2D eigenvalue weighted by molar-refractivity contribution is 9.11. The van der Waals surface area contributed by atoms with Gasteiger partial charge in [-0.3, -0.25) is 0 Å². The maximum absolute atomic E-state index is 5.19. The van der Waals surface area contributed by atoms with Crippen LogP contribution in [0.4, 0.5) is 0 Å². The Kier molecular flexibility index (Phi) is 5.52. The van der Waals surface area contributed by atoms with Crippen LogP contribution in [0, 0.1) is 0 Å². The summed E-state index contributed by atoms with van der Waals surface area (Å²) >= 11 is 6.80. The molecule has 0 spiro atoms. The van der Waals surface area contributed by atoms with E-state index < -0.39 is 0 Å². The Hall–Kier alpha value is -0.320. The molecule has 0 heterocycles. The van der Waals surface area contributed by atoms with Gasteiger partial charge >= 0.3 is 0 Å². The maximum atomic E-state index is 5.19. The fraction of sp³-hybridized carbons (Fsp3) is 0.333. The van der Waals surface area contributed by atoms with E-state index in [0.717, 1.165) is 21.2 Å². The number of ether oxygens (including phenoxy) is 1. The molecular formula is C12H15Br2NO. The SMILES string of the molecule is C=C(Br)CNC(C)c1ccc(OC)c(Br)c1. The molecule has 0 bridgehead atoms. The van der Waals surface area contributed by atoms with Crippen molar-refractivity contribution in [2.24, 2.45) is 0 Å². The predicted molar refractivity (Wildman–Crippen MR) is 75.2 cm³/mol. The standard InChI is InChI=1S/C12H15Br2NO/c1-8(13)7-15-9(2)10-4-5-12(16-3)11(14)6-10/h4-6,9,15H,1,7H2,2-3H3. The zero-order valence-electron chi connectivity index (χ0n) is 9.39. The normalized spacial score (nSPS) is 12.2. The average Bonchev–Trinajstić information content (AvgIpc) is 2.25. The van der Waals surface area contributed by atoms with E-state index in [1.165, 1.54) is 5.56 Å². The highest BCUT2D eigenvalue weighted by Gasteiger charge is 2.07. The largest absolute Gasteiger partial charge is 0.496 e. The maximum Gasteiger partial charge on any atom is 0.133 e. The minimum atomic E-state index is 0.275. The Morgan fingerprint density at radius 3 is 2.75 bits per heavy atom. The summed E-state index contributed by atoms with van der Waals surface area (Å²) in [5.74, 6) is 0.848. The van der Waals surface area contributed by atoms with E-state index in [4.69, 9.17) is 4.74 Å². The summed E-state index contributed by atoms with van der Waals surface area (Å²) in [6.45, 7) is 6.66. The molecule has 0 fully saturated rings. The molecule has 0 radical (unpaired) electrons. The summed E-state index contributed by atoms with van der Waals surface area (Å²) in [5.41, 5.74) is 1.21. The van der Waals surface area contributed by atoms with Crippen LogP contribution >= 0.6 is 31.9 Å². The van der Waals surface area contributed by atoms with E-state index in [-0.39, 0.29) is 6.04 Å². The van der Waals surface area contributed by atoms with Crippen LogP contribution in [0.15, 0.2) is 33.7 Å². The molecular weight excluding hydrogens is 334 g/mol. The van der Waals surface area contributed by atoms with Gasteiger partial charge in [0.1, 0.15) is 5.75 Å². The molecule has 0 amide bonds. The number of hydrogen-bond acceptors (Lipinski definition) is 2. The highest BCUT2D eigenvalue weighted by atomic mass is 79.9. The fourth-order valence-electron chi connectivity index (χ4n) is 1.33. The average molecular weight is 349 g/mol. The first kappa shape index (κ1) is 13.7. The van der Waals surface area contributed by atoms with Crippen molar-refractivity contribution >= 4 is 31.9 Å². The van der Waals surface area contributed by atoms with Gasteiger partial charge in [0, 0.05) is 17.1 Å². The van der Waals surface area contributed by atoms with E-state index in [1.54, 1.807) is 7.11 Å². The zero-order valence-corrected chi connectivity index (χ0v) is 12.6. The first-order valence-electron chi connectivity index (χ1n) is 4.94. The molecule has 2 nitrogen and oxygen atoms in total. The molecule has 1 unspecified atom stereocenters. The third kappa shape index (κ3) is 3.92. The van der Waals surface area contributed by atoms with Gasteiger partial charge in [-0.05, 0) is 40.5 Å². The van der Waals surface area contributed by atoms with Crippen molar-refractivity contribution in [3.8, 4) is 5.75 Å². The molecule has 16 heavy (non-hydrogen) atoms. The minimum absolute atomic E-state index is 0.275. The van der Waals surface area contributed by atoms with E-state index in [9.17, 15) is 0 Å². The van der Waals surface area contributed by atoms with Gasteiger partial charge in [-0.15, -0.1) is 0 Å². The lowest BCUT2D eigenvalue weighted by molar-refractivity contribution is 0.411. The molecule has 0 aliphatic rings. The molecule has 0 aliphatic carbocycles. The van der Waals surface area contributed by atoms with Crippen LogP contribution in [0.5, 0.6) is 5.75 Å². The van der Waals surface area contributed by atoms with Crippen LogP contribution in [0.2, 0.25) is 0 Å². The van der Waals surface area contributed by atoms with Crippen LogP contribution in [0.1, 0.15) is 18.5 Å². The summed E-state index contributed by atoms with van der Waals surface area (Å²) in [4.78, 5) is 0.